The standard InChI is InChI=1S/C23H29F3N8OS/c1-3-5-15-11-16-19(32-9-10-34-17(13-32)30-31-21(34)23(24,25)26)28-22(29-20(16)36-15)33-8-7-14(12-33)27-18(35)6-4-2/h11,14H,3-10,12-13H2,1-2H3,(H,27,35)/t14-/m1/s1. The van der Waals surface area contributed by atoms with Crippen LogP contribution in [0.25, 0.3) is 10.2 Å². The SMILES string of the molecule is CCCC(=O)N[C@@H]1CCN(c2nc(N3CCn4c(nnc4C(F)(F)F)C3)c3cc(CCC)sc3n2)C1. The first-order chi connectivity index (χ1) is 17.3. The fraction of sp³-hybridized carbons (Fsp3) is 0.609. The second kappa shape index (κ2) is 9.83. The van der Waals surface area contributed by atoms with Gasteiger partial charge in [-0.15, -0.1) is 21.5 Å². The smallest absolute Gasteiger partial charge is 0.352 e. The van der Waals surface area contributed by atoms with Gasteiger partial charge in [-0.3, -0.25) is 4.79 Å². The first kappa shape index (κ1) is 24.7. The van der Waals surface area contributed by atoms with Gasteiger partial charge in [-0.1, -0.05) is 20.3 Å². The monoisotopic (exact) mass is 522 g/mol. The summed E-state index contributed by atoms with van der Waals surface area (Å²) in [6.45, 7) is 6.10. The number of anilines is 2. The molecule has 2 aliphatic rings. The summed E-state index contributed by atoms with van der Waals surface area (Å²) in [5.41, 5.74) is 0. The topological polar surface area (TPSA) is 92.1 Å². The molecule has 13 heteroatoms. The van der Waals surface area contributed by atoms with Crippen LogP contribution in [-0.4, -0.2) is 56.3 Å². The molecule has 3 aromatic rings. The molecule has 1 fully saturated rings. The molecular formula is C23H29F3N8OS. The molecule has 194 valence electrons. The normalized spacial score (nSPS) is 18.2. The zero-order valence-electron chi connectivity index (χ0n) is 20.3. The number of hydrogen-bond acceptors (Lipinski definition) is 8. The van der Waals surface area contributed by atoms with E-state index in [4.69, 9.17) is 9.97 Å². The highest BCUT2D eigenvalue weighted by Gasteiger charge is 2.40. The van der Waals surface area contributed by atoms with Crippen LogP contribution in [0.15, 0.2) is 6.07 Å². The maximum Gasteiger partial charge on any atom is 0.451 e. The number of aryl methyl sites for hydroxylation is 1. The highest BCUT2D eigenvalue weighted by Crippen LogP contribution is 2.36. The first-order valence-corrected chi connectivity index (χ1v) is 13.2. The van der Waals surface area contributed by atoms with Crippen LogP contribution in [0.2, 0.25) is 0 Å². The minimum atomic E-state index is -4.54. The molecule has 1 atom stereocenters. The summed E-state index contributed by atoms with van der Waals surface area (Å²) in [6.07, 6.45) is -0.490. The lowest BCUT2D eigenvalue weighted by Crippen LogP contribution is -2.38. The molecule has 9 nitrogen and oxygen atoms in total. The van der Waals surface area contributed by atoms with Crippen LogP contribution < -0.4 is 15.1 Å². The fourth-order valence-corrected chi connectivity index (χ4v) is 5.95. The Morgan fingerprint density at radius 3 is 2.72 bits per heavy atom. The van der Waals surface area contributed by atoms with Crippen molar-refractivity contribution in [3.05, 3.63) is 22.6 Å². The molecule has 0 aliphatic carbocycles. The van der Waals surface area contributed by atoms with Crippen LogP contribution in [0, 0.1) is 0 Å². The fourth-order valence-electron chi connectivity index (χ4n) is 4.83. The van der Waals surface area contributed by atoms with Gasteiger partial charge in [-0.25, -0.2) is 4.98 Å². The van der Waals surface area contributed by atoms with E-state index in [9.17, 15) is 18.0 Å². The third-order valence-corrected chi connectivity index (χ3v) is 7.62. The lowest BCUT2D eigenvalue weighted by Gasteiger charge is -2.30. The number of fused-ring (bicyclic) bond motifs is 2. The number of hydrogen-bond donors (Lipinski definition) is 1. The zero-order valence-corrected chi connectivity index (χ0v) is 21.1. The Bertz CT molecular complexity index is 1260. The Labute approximate surface area is 210 Å². The van der Waals surface area contributed by atoms with Crippen molar-refractivity contribution in [3.63, 3.8) is 0 Å². The molecule has 3 aromatic heterocycles. The van der Waals surface area contributed by atoms with Crippen molar-refractivity contribution in [1.29, 1.82) is 0 Å². The molecule has 0 unspecified atom stereocenters. The van der Waals surface area contributed by atoms with Crippen LogP contribution in [0.1, 0.15) is 56.1 Å². The molecule has 0 bridgehead atoms. The highest BCUT2D eigenvalue weighted by molar-refractivity contribution is 7.18. The maximum atomic E-state index is 13.3. The zero-order chi connectivity index (χ0) is 25.4. The van der Waals surface area contributed by atoms with Crippen molar-refractivity contribution in [1.82, 2.24) is 30.0 Å². The van der Waals surface area contributed by atoms with Gasteiger partial charge in [-0.05, 0) is 25.3 Å². The third-order valence-electron chi connectivity index (χ3n) is 6.53. The van der Waals surface area contributed by atoms with E-state index >= 15 is 0 Å². The van der Waals surface area contributed by atoms with Gasteiger partial charge >= 0.3 is 6.18 Å². The van der Waals surface area contributed by atoms with Crippen molar-refractivity contribution in [2.24, 2.45) is 0 Å². The number of nitrogens with zero attached hydrogens (tertiary/aromatic N) is 7. The van der Waals surface area contributed by atoms with Gasteiger partial charge in [0, 0.05) is 43.5 Å². The van der Waals surface area contributed by atoms with E-state index in [1.54, 1.807) is 11.3 Å². The van der Waals surface area contributed by atoms with Gasteiger partial charge in [0.2, 0.25) is 17.7 Å². The molecule has 1 N–H and O–H groups in total. The number of alkyl halides is 3. The number of nitrogens with one attached hydrogen (secondary N) is 1. The van der Waals surface area contributed by atoms with Crippen LogP contribution in [0.3, 0.4) is 0 Å². The summed E-state index contributed by atoms with van der Waals surface area (Å²) < 4.78 is 41.1. The Morgan fingerprint density at radius 1 is 1.14 bits per heavy atom. The van der Waals surface area contributed by atoms with E-state index in [1.165, 1.54) is 4.88 Å². The number of amides is 1. The molecule has 0 saturated carbocycles. The van der Waals surface area contributed by atoms with Gasteiger partial charge in [0.05, 0.1) is 11.9 Å². The maximum absolute atomic E-state index is 13.3. The summed E-state index contributed by atoms with van der Waals surface area (Å²) in [4.78, 5) is 27.9. The van der Waals surface area contributed by atoms with Crippen molar-refractivity contribution in [2.75, 3.05) is 29.4 Å². The van der Waals surface area contributed by atoms with Crippen LogP contribution in [0.5, 0.6) is 0 Å². The Morgan fingerprint density at radius 2 is 1.97 bits per heavy atom. The summed E-state index contributed by atoms with van der Waals surface area (Å²) >= 11 is 1.63. The minimum Gasteiger partial charge on any atom is -0.352 e. The lowest BCUT2D eigenvalue weighted by atomic mass is 10.2. The second-order valence-corrected chi connectivity index (χ2v) is 10.4. The molecule has 1 amide bonds. The number of halogens is 3. The average Bonchev–Trinajstić information content (AvgIpc) is 3.55. The number of aromatic nitrogens is 5. The Balaban J connectivity index is 1.45. The molecule has 36 heavy (non-hydrogen) atoms. The minimum absolute atomic E-state index is 0.0418. The average molecular weight is 523 g/mol. The number of carbonyl (C=O) groups excluding carboxylic acids is 1. The van der Waals surface area contributed by atoms with Gasteiger partial charge in [0.1, 0.15) is 10.6 Å². The van der Waals surface area contributed by atoms with Crippen molar-refractivity contribution in [2.45, 2.75) is 71.3 Å². The van der Waals surface area contributed by atoms with Gasteiger partial charge in [-0.2, -0.15) is 18.2 Å². The lowest BCUT2D eigenvalue weighted by molar-refractivity contribution is -0.147. The predicted molar refractivity (Wildman–Crippen MR) is 131 cm³/mol. The molecule has 0 spiro atoms. The molecule has 1 saturated heterocycles. The van der Waals surface area contributed by atoms with Gasteiger partial charge < -0.3 is 19.7 Å². The van der Waals surface area contributed by atoms with E-state index in [-0.39, 0.29) is 30.9 Å². The number of carbonyl (C=O) groups is 1. The van der Waals surface area contributed by atoms with Crippen molar-refractivity contribution < 1.29 is 18.0 Å². The van der Waals surface area contributed by atoms with E-state index in [1.807, 2.05) is 11.8 Å². The molecular weight excluding hydrogens is 493 g/mol. The summed E-state index contributed by atoms with van der Waals surface area (Å²) in [5, 5.41) is 11.2. The van der Waals surface area contributed by atoms with Crippen molar-refractivity contribution in [3.8, 4) is 0 Å². The van der Waals surface area contributed by atoms with E-state index in [2.05, 4.69) is 33.4 Å². The van der Waals surface area contributed by atoms with E-state index < -0.39 is 12.0 Å². The summed E-state index contributed by atoms with van der Waals surface area (Å²) in [6, 6.07) is 2.14. The first-order valence-electron chi connectivity index (χ1n) is 12.4. The molecule has 0 radical (unpaired) electrons. The van der Waals surface area contributed by atoms with Gasteiger partial charge in [0.15, 0.2) is 5.82 Å². The Kier molecular flexibility index (Phi) is 6.75. The van der Waals surface area contributed by atoms with Crippen molar-refractivity contribution >= 4 is 39.2 Å². The molecule has 5 rings (SSSR count). The number of rotatable bonds is 7. The van der Waals surface area contributed by atoms with Crippen LogP contribution in [0.4, 0.5) is 24.9 Å². The molecule has 0 aromatic carbocycles. The van der Waals surface area contributed by atoms with Crippen LogP contribution in [-0.2, 0) is 30.5 Å². The summed E-state index contributed by atoms with van der Waals surface area (Å²) in [7, 11) is 0. The van der Waals surface area contributed by atoms with E-state index in [0.717, 1.165) is 47.0 Å². The predicted octanol–water partition coefficient (Wildman–Crippen LogP) is 3.77. The number of thiophene rings is 1. The quantitative estimate of drug-likeness (QED) is 0.505. The molecule has 2 aliphatic heterocycles. The molecule has 5 heterocycles. The second-order valence-electron chi connectivity index (χ2n) is 9.29. The highest BCUT2D eigenvalue weighted by atomic mass is 32.1. The Hall–Kier alpha value is -2.96. The third kappa shape index (κ3) is 4.84. The van der Waals surface area contributed by atoms with Gasteiger partial charge in [0.25, 0.3) is 0 Å². The summed E-state index contributed by atoms with van der Waals surface area (Å²) in [5.74, 6) is 0.650. The van der Waals surface area contributed by atoms with Crippen LogP contribution >= 0.6 is 11.3 Å². The largest absolute Gasteiger partial charge is 0.451 e. The van der Waals surface area contributed by atoms with E-state index in [0.29, 0.717) is 31.3 Å².